The zero-order chi connectivity index (χ0) is 52.9. The molecular weight excluding hydrogens is 899 g/mol. The van der Waals surface area contributed by atoms with Crippen molar-refractivity contribution in [3.8, 4) is 0 Å². The smallest absolute Gasteiger partial charge is 0.305 e. The van der Waals surface area contributed by atoms with E-state index in [0.717, 1.165) is 44.9 Å². The number of aliphatic hydroxyl groups is 2. The fourth-order valence-electron chi connectivity index (χ4n) is 10.1. The molecule has 2 atom stereocenters. The maximum atomic E-state index is 12.5. The molecule has 0 aliphatic rings. The van der Waals surface area contributed by atoms with Crippen molar-refractivity contribution < 1.29 is 24.5 Å². The number of amides is 1. The molecule has 0 aliphatic carbocycles. The third-order valence-electron chi connectivity index (χ3n) is 15.1. The lowest BCUT2D eigenvalue weighted by Gasteiger charge is -2.20. The number of nitrogens with one attached hydrogen (secondary N) is 1. The van der Waals surface area contributed by atoms with Gasteiger partial charge in [0.25, 0.3) is 0 Å². The summed E-state index contributed by atoms with van der Waals surface area (Å²) in [4.78, 5) is 24.5. The van der Waals surface area contributed by atoms with Crippen molar-refractivity contribution in [1.82, 2.24) is 5.32 Å². The summed E-state index contributed by atoms with van der Waals surface area (Å²) in [7, 11) is 0. The summed E-state index contributed by atoms with van der Waals surface area (Å²) in [5.74, 6) is -0.0592. The van der Waals surface area contributed by atoms with Gasteiger partial charge in [0, 0.05) is 12.8 Å². The molecule has 2 unspecified atom stereocenters. The Balaban J connectivity index is 3.39. The van der Waals surface area contributed by atoms with Crippen LogP contribution in [0.4, 0.5) is 0 Å². The summed E-state index contributed by atoms with van der Waals surface area (Å²) in [6.07, 6.45) is 79.2. The van der Waals surface area contributed by atoms with Crippen LogP contribution in [0.3, 0.4) is 0 Å². The van der Waals surface area contributed by atoms with E-state index in [0.29, 0.717) is 19.4 Å². The van der Waals surface area contributed by atoms with Crippen LogP contribution in [-0.4, -0.2) is 47.4 Å². The molecule has 0 saturated heterocycles. The van der Waals surface area contributed by atoms with Crippen molar-refractivity contribution in [2.75, 3.05) is 13.2 Å². The predicted octanol–water partition coefficient (Wildman–Crippen LogP) is 20.8. The van der Waals surface area contributed by atoms with Gasteiger partial charge in [0.2, 0.25) is 5.91 Å². The second-order valence-electron chi connectivity index (χ2n) is 22.4. The van der Waals surface area contributed by atoms with Crippen molar-refractivity contribution >= 4 is 11.9 Å². The predicted molar refractivity (Wildman–Crippen MR) is 319 cm³/mol. The summed E-state index contributed by atoms with van der Waals surface area (Å²) >= 11 is 0. The second kappa shape index (κ2) is 62.6. The molecule has 0 bridgehead atoms. The Kier molecular flexibility index (Phi) is 61.0. The second-order valence-corrected chi connectivity index (χ2v) is 22.4. The van der Waals surface area contributed by atoms with Gasteiger partial charge in [-0.3, -0.25) is 9.59 Å². The van der Waals surface area contributed by atoms with Gasteiger partial charge in [0.15, 0.2) is 0 Å². The number of allylic oxidation sites excluding steroid dienone is 5. The summed E-state index contributed by atoms with van der Waals surface area (Å²) in [6.45, 7) is 4.88. The first-order valence-electron chi connectivity index (χ1n) is 32.8. The fraction of sp³-hybridized carbons (Fsp3) is 0.881. The Morgan fingerprint density at radius 2 is 0.658 bits per heavy atom. The highest BCUT2D eigenvalue weighted by molar-refractivity contribution is 5.76. The zero-order valence-corrected chi connectivity index (χ0v) is 49.1. The molecule has 6 nitrogen and oxygen atoms in total. The molecular formula is C67H127NO5. The first-order chi connectivity index (χ1) is 36.0. The molecule has 0 aromatic heterocycles. The van der Waals surface area contributed by atoms with Crippen LogP contribution in [0, 0.1) is 0 Å². The molecule has 0 aromatic rings. The Labute approximate surface area is 455 Å². The van der Waals surface area contributed by atoms with Gasteiger partial charge in [-0.25, -0.2) is 0 Å². The van der Waals surface area contributed by atoms with Crippen molar-refractivity contribution in [3.05, 3.63) is 36.5 Å². The van der Waals surface area contributed by atoms with E-state index in [1.165, 1.54) is 283 Å². The highest BCUT2D eigenvalue weighted by Crippen LogP contribution is 2.17. The average Bonchev–Trinajstić information content (AvgIpc) is 3.39. The van der Waals surface area contributed by atoms with E-state index < -0.39 is 12.1 Å². The molecule has 6 heteroatoms. The molecule has 0 rings (SSSR count). The van der Waals surface area contributed by atoms with E-state index in [2.05, 4.69) is 43.5 Å². The number of unbranched alkanes of at least 4 members (excludes halogenated alkanes) is 46. The highest BCUT2D eigenvalue weighted by Gasteiger charge is 2.18. The van der Waals surface area contributed by atoms with Crippen molar-refractivity contribution in [2.24, 2.45) is 0 Å². The van der Waals surface area contributed by atoms with Gasteiger partial charge in [-0.15, -0.1) is 0 Å². The van der Waals surface area contributed by atoms with Crippen LogP contribution in [0.15, 0.2) is 36.5 Å². The average molecular weight is 1030 g/mol. The number of hydrogen-bond donors (Lipinski definition) is 3. The van der Waals surface area contributed by atoms with Crippen LogP contribution in [0.5, 0.6) is 0 Å². The molecule has 1 amide bonds. The topological polar surface area (TPSA) is 95.9 Å². The van der Waals surface area contributed by atoms with E-state index in [4.69, 9.17) is 4.74 Å². The van der Waals surface area contributed by atoms with E-state index >= 15 is 0 Å². The molecule has 0 aliphatic heterocycles. The monoisotopic (exact) mass is 1030 g/mol. The van der Waals surface area contributed by atoms with Crippen LogP contribution in [-0.2, 0) is 14.3 Å². The lowest BCUT2D eigenvalue weighted by molar-refractivity contribution is -0.143. The zero-order valence-electron chi connectivity index (χ0n) is 49.1. The lowest BCUT2D eigenvalue weighted by Crippen LogP contribution is -2.45. The maximum Gasteiger partial charge on any atom is 0.305 e. The lowest BCUT2D eigenvalue weighted by atomic mass is 10.0. The third-order valence-corrected chi connectivity index (χ3v) is 15.1. The number of rotatable bonds is 61. The van der Waals surface area contributed by atoms with Crippen LogP contribution < -0.4 is 5.32 Å². The van der Waals surface area contributed by atoms with Gasteiger partial charge in [-0.1, -0.05) is 301 Å². The number of carbonyl (C=O) groups is 2. The van der Waals surface area contributed by atoms with Gasteiger partial charge in [0.1, 0.15) is 0 Å². The van der Waals surface area contributed by atoms with Crippen molar-refractivity contribution in [2.45, 2.75) is 366 Å². The van der Waals surface area contributed by atoms with Crippen molar-refractivity contribution in [1.29, 1.82) is 0 Å². The minimum Gasteiger partial charge on any atom is -0.466 e. The Hall–Kier alpha value is -1.92. The SMILES string of the molecule is CCCC/C=C\CCCCCCCC(=O)OCCCCCCCCCCCCCC/C=C\CCCCCCCCCCCCCCCCC(=O)NC(CO)C(O)/C=C/CCCCCCCCCCCCCCC. The summed E-state index contributed by atoms with van der Waals surface area (Å²) < 4.78 is 5.46. The summed E-state index contributed by atoms with van der Waals surface area (Å²) in [5, 5.41) is 23.1. The number of aliphatic hydroxyl groups excluding tert-OH is 2. The summed E-state index contributed by atoms with van der Waals surface area (Å²) in [5.41, 5.74) is 0. The van der Waals surface area contributed by atoms with Crippen LogP contribution in [0.2, 0.25) is 0 Å². The number of ether oxygens (including phenoxy) is 1. The van der Waals surface area contributed by atoms with Gasteiger partial charge < -0.3 is 20.3 Å². The van der Waals surface area contributed by atoms with E-state index in [-0.39, 0.29) is 18.5 Å². The first kappa shape index (κ1) is 71.1. The number of esters is 1. The molecule has 0 spiro atoms. The number of hydrogen-bond acceptors (Lipinski definition) is 5. The van der Waals surface area contributed by atoms with E-state index in [9.17, 15) is 19.8 Å². The Morgan fingerprint density at radius 3 is 1.01 bits per heavy atom. The van der Waals surface area contributed by atoms with Gasteiger partial charge >= 0.3 is 5.97 Å². The Bertz CT molecular complexity index is 1180. The first-order valence-corrected chi connectivity index (χ1v) is 32.8. The fourth-order valence-corrected chi connectivity index (χ4v) is 10.1. The molecule has 0 heterocycles. The summed E-state index contributed by atoms with van der Waals surface area (Å²) in [6, 6.07) is -0.626. The molecule has 0 saturated carbocycles. The van der Waals surface area contributed by atoms with Gasteiger partial charge in [0.05, 0.1) is 25.4 Å². The van der Waals surface area contributed by atoms with Crippen molar-refractivity contribution in [3.63, 3.8) is 0 Å². The third kappa shape index (κ3) is 59.2. The van der Waals surface area contributed by atoms with E-state index in [1.54, 1.807) is 6.08 Å². The van der Waals surface area contributed by atoms with Gasteiger partial charge in [-0.2, -0.15) is 0 Å². The molecule has 0 fully saturated rings. The Morgan fingerprint density at radius 1 is 0.370 bits per heavy atom. The molecule has 3 N–H and O–H groups in total. The quantitative estimate of drug-likeness (QED) is 0.0320. The molecule has 73 heavy (non-hydrogen) atoms. The highest BCUT2D eigenvalue weighted by atomic mass is 16.5. The standard InChI is InChI=1S/C67H127NO5/c1-3-5-7-9-11-13-15-16-33-36-40-43-47-51-55-59-65(70)64(63-69)68-66(71)60-56-52-48-44-41-37-34-31-29-27-25-23-21-19-17-18-20-22-24-26-28-30-32-35-38-42-46-50-54-58-62-73-67(72)61-57-53-49-45-39-14-12-10-8-6-4-2/h10,12,18,20,55,59,64-65,69-70H,3-9,11,13-17,19,21-54,56-58,60-63H2,1-2H3,(H,68,71)/b12-10-,20-18-,59-55+. The normalized spacial score (nSPS) is 12.8. The molecule has 0 aromatic carbocycles. The molecule has 0 radical (unpaired) electrons. The minimum absolute atomic E-state index is 0.00565. The minimum atomic E-state index is -0.843. The van der Waals surface area contributed by atoms with Crippen LogP contribution in [0.1, 0.15) is 354 Å². The van der Waals surface area contributed by atoms with Gasteiger partial charge in [-0.05, 0) is 77.0 Å². The van der Waals surface area contributed by atoms with E-state index in [1.807, 2.05) is 6.08 Å². The largest absolute Gasteiger partial charge is 0.466 e. The molecule has 430 valence electrons. The van der Waals surface area contributed by atoms with Crippen LogP contribution >= 0.6 is 0 Å². The van der Waals surface area contributed by atoms with Crippen LogP contribution in [0.25, 0.3) is 0 Å². The maximum absolute atomic E-state index is 12.5. The number of carbonyl (C=O) groups excluding carboxylic acids is 2.